The molecular weight excluding hydrogens is 368 g/mol. The Labute approximate surface area is 169 Å². The minimum absolute atomic E-state index is 0.187. The molecule has 0 fully saturated rings. The van der Waals surface area contributed by atoms with Gasteiger partial charge in [0.05, 0.1) is 5.69 Å². The molecule has 0 saturated carbocycles. The molecule has 2 amide bonds. The Kier molecular flexibility index (Phi) is 6.14. The van der Waals surface area contributed by atoms with E-state index in [4.69, 9.17) is 15.2 Å². The lowest BCUT2D eigenvalue weighted by atomic mass is 10.1. The molecule has 0 unspecified atom stereocenters. The number of carbonyl (C=O) groups is 2. The van der Waals surface area contributed by atoms with Crippen molar-refractivity contribution in [1.29, 1.82) is 0 Å². The number of anilines is 1. The fraction of sp³-hybridized carbons (Fsp3) is 0.130. The fourth-order valence-electron chi connectivity index (χ4n) is 2.78. The van der Waals surface area contributed by atoms with Crippen LogP contribution in [0.25, 0.3) is 0 Å². The maximum Gasteiger partial charge on any atom is 0.262 e. The molecule has 0 aliphatic heterocycles. The van der Waals surface area contributed by atoms with Crippen LogP contribution in [-0.4, -0.2) is 18.4 Å². The number of para-hydroxylation sites is 3. The number of aryl methyl sites for hydroxylation is 2. The van der Waals surface area contributed by atoms with Gasteiger partial charge in [-0.3, -0.25) is 9.59 Å². The Balaban J connectivity index is 1.65. The zero-order valence-electron chi connectivity index (χ0n) is 16.3. The van der Waals surface area contributed by atoms with Crippen molar-refractivity contribution in [2.75, 3.05) is 11.9 Å². The summed E-state index contributed by atoms with van der Waals surface area (Å²) in [6.07, 6.45) is 0. The molecule has 0 heterocycles. The van der Waals surface area contributed by atoms with Gasteiger partial charge in [0.1, 0.15) is 11.5 Å². The number of carbonyl (C=O) groups excluding carboxylic acids is 2. The van der Waals surface area contributed by atoms with Gasteiger partial charge in [-0.15, -0.1) is 0 Å². The van der Waals surface area contributed by atoms with Crippen molar-refractivity contribution in [3.8, 4) is 17.2 Å². The number of nitrogens with two attached hydrogens (primary N) is 1. The highest BCUT2D eigenvalue weighted by atomic mass is 16.5. The molecule has 0 spiro atoms. The molecule has 0 radical (unpaired) electrons. The van der Waals surface area contributed by atoms with Gasteiger partial charge in [-0.25, -0.2) is 0 Å². The number of hydrogen-bond acceptors (Lipinski definition) is 4. The van der Waals surface area contributed by atoms with Gasteiger partial charge >= 0.3 is 0 Å². The standard InChI is InChI=1S/C23H22N2O4/c1-15-6-5-7-16(2)22(15)29-20-9-4-3-8-19(20)25-21(26)14-28-18-12-10-17(11-13-18)23(24)27/h3-13H,14H2,1-2H3,(H2,24,27)(H,25,26). The normalized spacial score (nSPS) is 10.3. The molecule has 6 nitrogen and oxygen atoms in total. The molecule has 0 bridgehead atoms. The second kappa shape index (κ2) is 8.93. The summed E-state index contributed by atoms with van der Waals surface area (Å²) in [5.41, 5.74) is 8.14. The molecule has 0 aromatic heterocycles. The van der Waals surface area contributed by atoms with Crippen LogP contribution < -0.4 is 20.5 Å². The van der Waals surface area contributed by atoms with Crippen LogP contribution in [0.15, 0.2) is 66.7 Å². The monoisotopic (exact) mass is 390 g/mol. The third kappa shape index (κ3) is 5.13. The fourth-order valence-corrected chi connectivity index (χ4v) is 2.78. The number of benzene rings is 3. The molecule has 0 aliphatic carbocycles. The summed E-state index contributed by atoms with van der Waals surface area (Å²) in [5, 5.41) is 2.81. The summed E-state index contributed by atoms with van der Waals surface area (Å²) in [6, 6.07) is 19.4. The summed E-state index contributed by atoms with van der Waals surface area (Å²) >= 11 is 0. The molecule has 3 N–H and O–H groups in total. The minimum Gasteiger partial charge on any atom is -0.484 e. The van der Waals surface area contributed by atoms with E-state index in [0.717, 1.165) is 16.9 Å². The van der Waals surface area contributed by atoms with Gasteiger partial charge in [-0.05, 0) is 61.4 Å². The lowest BCUT2D eigenvalue weighted by Crippen LogP contribution is -2.20. The average Bonchev–Trinajstić information content (AvgIpc) is 2.71. The molecule has 148 valence electrons. The van der Waals surface area contributed by atoms with Crippen molar-refractivity contribution >= 4 is 17.5 Å². The number of rotatable bonds is 7. The zero-order valence-corrected chi connectivity index (χ0v) is 16.3. The number of hydrogen-bond donors (Lipinski definition) is 2. The van der Waals surface area contributed by atoms with Gasteiger partial charge in [0.2, 0.25) is 5.91 Å². The molecule has 0 aliphatic rings. The highest BCUT2D eigenvalue weighted by molar-refractivity contribution is 5.94. The van der Waals surface area contributed by atoms with Crippen molar-refractivity contribution in [3.05, 3.63) is 83.4 Å². The first-order chi connectivity index (χ1) is 13.9. The first-order valence-electron chi connectivity index (χ1n) is 9.09. The number of ether oxygens (including phenoxy) is 2. The predicted octanol–water partition coefficient (Wildman–Crippen LogP) is 4.21. The summed E-state index contributed by atoms with van der Waals surface area (Å²) in [7, 11) is 0. The molecule has 0 saturated heterocycles. The Morgan fingerprint density at radius 3 is 2.21 bits per heavy atom. The molecule has 0 atom stereocenters. The molecule has 29 heavy (non-hydrogen) atoms. The van der Waals surface area contributed by atoms with Crippen molar-refractivity contribution in [1.82, 2.24) is 0 Å². The topological polar surface area (TPSA) is 90.7 Å². The van der Waals surface area contributed by atoms with Crippen LogP contribution in [0, 0.1) is 13.8 Å². The van der Waals surface area contributed by atoms with E-state index in [1.807, 2.05) is 44.2 Å². The van der Waals surface area contributed by atoms with E-state index in [1.54, 1.807) is 36.4 Å². The van der Waals surface area contributed by atoms with Crippen LogP contribution in [0.4, 0.5) is 5.69 Å². The SMILES string of the molecule is Cc1cccc(C)c1Oc1ccccc1NC(=O)COc1ccc(C(N)=O)cc1. The Morgan fingerprint density at radius 2 is 1.55 bits per heavy atom. The summed E-state index contributed by atoms with van der Waals surface area (Å²) in [4.78, 5) is 23.4. The Morgan fingerprint density at radius 1 is 0.897 bits per heavy atom. The molecular formula is C23H22N2O4. The summed E-state index contributed by atoms with van der Waals surface area (Å²) in [6.45, 7) is 3.76. The quantitative estimate of drug-likeness (QED) is 0.632. The Bertz CT molecular complexity index is 1010. The number of nitrogens with one attached hydrogen (secondary N) is 1. The Hall–Kier alpha value is -3.80. The smallest absolute Gasteiger partial charge is 0.262 e. The van der Waals surface area contributed by atoms with E-state index in [2.05, 4.69) is 5.32 Å². The van der Waals surface area contributed by atoms with Crippen molar-refractivity contribution in [2.24, 2.45) is 5.73 Å². The second-order valence-electron chi connectivity index (χ2n) is 6.54. The lowest BCUT2D eigenvalue weighted by Gasteiger charge is -2.15. The van der Waals surface area contributed by atoms with Crippen LogP contribution >= 0.6 is 0 Å². The van der Waals surface area contributed by atoms with Gasteiger partial charge in [0.15, 0.2) is 12.4 Å². The lowest BCUT2D eigenvalue weighted by molar-refractivity contribution is -0.118. The van der Waals surface area contributed by atoms with Crippen molar-refractivity contribution in [2.45, 2.75) is 13.8 Å². The molecule has 3 aromatic rings. The van der Waals surface area contributed by atoms with Crippen LogP contribution in [0.5, 0.6) is 17.2 Å². The van der Waals surface area contributed by atoms with Gasteiger partial charge in [0, 0.05) is 5.56 Å². The van der Waals surface area contributed by atoms with Gasteiger partial charge < -0.3 is 20.5 Å². The molecule has 6 heteroatoms. The van der Waals surface area contributed by atoms with Crippen LogP contribution in [0.2, 0.25) is 0 Å². The van der Waals surface area contributed by atoms with E-state index in [1.165, 1.54) is 0 Å². The first kappa shape index (κ1) is 19.9. The van der Waals surface area contributed by atoms with E-state index in [-0.39, 0.29) is 12.5 Å². The third-order valence-electron chi connectivity index (χ3n) is 4.29. The summed E-state index contributed by atoms with van der Waals surface area (Å²) < 4.78 is 11.5. The molecule has 3 aromatic carbocycles. The van der Waals surface area contributed by atoms with Crippen molar-refractivity contribution in [3.63, 3.8) is 0 Å². The predicted molar refractivity (Wildman–Crippen MR) is 112 cm³/mol. The van der Waals surface area contributed by atoms with Gasteiger partial charge in [-0.1, -0.05) is 30.3 Å². The van der Waals surface area contributed by atoms with E-state index < -0.39 is 5.91 Å². The zero-order chi connectivity index (χ0) is 20.8. The average molecular weight is 390 g/mol. The first-order valence-corrected chi connectivity index (χ1v) is 9.09. The largest absolute Gasteiger partial charge is 0.484 e. The van der Waals surface area contributed by atoms with Crippen LogP contribution in [0.1, 0.15) is 21.5 Å². The number of amides is 2. The third-order valence-corrected chi connectivity index (χ3v) is 4.29. The summed E-state index contributed by atoms with van der Waals surface area (Å²) in [5.74, 6) is 0.922. The maximum atomic E-state index is 12.3. The van der Waals surface area contributed by atoms with Gasteiger partial charge in [-0.2, -0.15) is 0 Å². The minimum atomic E-state index is -0.519. The van der Waals surface area contributed by atoms with Gasteiger partial charge in [0.25, 0.3) is 5.91 Å². The highest BCUT2D eigenvalue weighted by Gasteiger charge is 2.12. The van der Waals surface area contributed by atoms with Crippen LogP contribution in [-0.2, 0) is 4.79 Å². The second-order valence-corrected chi connectivity index (χ2v) is 6.54. The molecule has 3 rings (SSSR count). The number of primary amides is 1. The van der Waals surface area contributed by atoms with E-state index in [0.29, 0.717) is 22.7 Å². The van der Waals surface area contributed by atoms with Crippen LogP contribution in [0.3, 0.4) is 0 Å². The van der Waals surface area contributed by atoms with Crippen molar-refractivity contribution < 1.29 is 19.1 Å². The van der Waals surface area contributed by atoms with E-state index in [9.17, 15) is 9.59 Å². The van der Waals surface area contributed by atoms with E-state index >= 15 is 0 Å². The maximum absolute atomic E-state index is 12.3. The highest BCUT2D eigenvalue weighted by Crippen LogP contribution is 2.33.